The molecule has 0 aromatic carbocycles. The quantitative estimate of drug-likeness (QED) is 0.757. The van der Waals surface area contributed by atoms with Crippen molar-refractivity contribution >= 4 is 11.6 Å². The lowest BCUT2D eigenvalue weighted by atomic mass is 9.97. The van der Waals surface area contributed by atoms with Crippen molar-refractivity contribution in [3.05, 3.63) is 18.3 Å². The second-order valence-corrected chi connectivity index (χ2v) is 4.96. The number of amides is 1. The Morgan fingerprint density at radius 1 is 1.45 bits per heavy atom. The Hall–Kier alpha value is -1.66. The first-order valence-electron chi connectivity index (χ1n) is 6.80. The second kappa shape index (κ2) is 7.21. The molecule has 2 atom stereocenters. The zero-order chi connectivity index (χ0) is 14.4. The Bertz CT molecular complexity index is 436. The Morgan fingerprint density at radius 3 is 2.90 bits per heavy atom. The lowest BCUT2D eigenvalue weighted by Gasteiger charge is -2.14. The average Bonchev–Trinajstić information content (AvgIpc) is 2.87. The summed E-state index contributed by atoms with van der Waals surface area (Å²) in [4.78, 5) is 16.2. The van der Waals surface area contributed by atoms with Crippen molar-refractivity contribution < 1.29 is 14.3 Å². The van der Waals surface area contributed by atoms with E-state index in [1.807, 2.05) is 0 Å². The molecule has 2 N–H and O–H groups in total. The van der Waals surface area contributed by atoms with Gasteiger partial charge in [0.1, 0.15) is 6.61 Å². The highest BCUT2D eigenvalue weighted by atomic mass is 16.5. The largest absolute Gasteiger partial charge is 0.475 e. The molecule has 110 valence electrons. The van der Waals surface area contributed by atoms with Gasteiger partial charge in [0.15, 0.2) is 0 Å². The number of hydrogen-bond acceptors (Lipinski definition) is 5. The van der Waals surface area contributed by atoms with Gasteiger partial charge in [0.2, 0.25) is 11.8 Å². The summed E-state index contributed by atoms with van der Waals surface area (Å²) >= 11 is 0. The van der Waals surface area contributed by atoms with Gasteiger partial charge in [0.05, 0.1) is 24.4 Å². The highest BCUT2D eigenvalue weighted by Gasteiger charge is 2.29. The van der Waals surface area contributed by atoms with Gasteiger partial charge < -0.3 is 20.1 Å². The van der Waals surface area contributed by atoms with E-state index in [2.05, 4.69) is 22.5 Å². The predicted octanol–water partition coefficient (Wildman–Crippen LogP) is 0.901. The smallest absolute Gasteiger partial charge is 0.229 e. The first kappa shape index (κ1) is 14.7. The minimum Gasteiger partial charge on any atom is -0.475 e. The van der Waals surface area contributed by atoms with Crippen molar-refractivity contribution in [1.82, 2.24) is 10.3 Å². The molecule has 1 aromatic heterocycles. The molecule has 1 fully saturated rings. The molecule has 0 saturated carbocycles. The van der Waals surface area contributed by atoms with E-state index in [0.29, 0.717) is 30.7 Å². The molecule has 1 aliphatic heterocycles. The van der Waals surface area contributed by atoms with Crippen LogP contribution in [0.5, 0.6) is 5.88 Å². The second-order valence-electron chi connectivity index (χ2n) is 4.96. The number of methoxy groups -OCH3 is 1. The SMILES string of the molecule is COCCOc1ccc(NC(=O)C2CNCC2C)cn1. The monoisotopic (exact) mass is 279 g/mol. The van der Waals surface area contributed by atoms with Crippen LogP contribution in [0.2, 0.25) is 0 Å². The van der Waals surface area contributed by atoms with Crippen molar-refractivity contribution in [3.8, 4) is 5.88 Å². The van der Waals surface area contributed by atoms with Gasteiger partial charge in [-0.2, -0.15) is 0 Å². The molecular formula is C14H21N3O3. The van der Waals surface area contributed by atoms with Crippen LogP contribution < -0.4 is 15.4 Å². The number of aromatic nitrogens is 1. The highest BCUT2D eigenvalue weighted by molar-refractivity contribution is 5.92. The summed E-state index contributed by atoms with van der Waals surface area (Å²) in [7, 11) is 1.62. The molecule has 0 bridgehead atoms. The molecule has 0 radical (unpaired) electrons. The third-order valence-corrected chi connectivity index (χ3v) is 3.40. The summed E-state index contributed by atoms with van der Waals surface area (Å²) in [6.07, 6.45) is 1.60. The van der Waals surface area contributed by atoms with E-state index in [0.717, 1.165) is 13.1 Å². The van der Waals surface area contributed by atoms with E-state index in [4.69, 9.17) is 9.47 Å². The molecule has 0 spiro atoms. The molecule has 2 heterocycles. The molecule has 1 amide bonds. The summed E-state index contributed by atoms with van der Waals surface area (Å²) in [6.45, 7) is 4.68. The summed E-state index contributed by atoms with van der Waals surface area (Å²) in [6, 6.07) is 3.53. The average molecular weight is 279 g/mol. The van der Waals surface area contributed by atoms with E-state index < -0.39 is 0 Å². The van der Waals surface area contributed by atoms with Gasteiger partial charge in [0, 0.05) is 19.7 Å². The molecule has 20 heavy (non-hydrogen) atoms. The van der Waals surface area contributed by atoms with E-state index >= 15 is 0 Å². The van der Waals surface area contributed by atoms with Gasteiger partial charge in [-0.1, -0.05) is 6.92 Å². The number of rotatable bonds is 6. The zero-order valence-corrected chi connectivity index (χ0v) is 11.9. The van der Waals surface area contributed by atoms with Crippen LogP contribution in [-0.2, 0) is 9.53 Å². The number of ether oxygens (including phenoxy) is 2. The highest BCUT2D eigenvalue weighted by Crippen LogP contribution is 2.19. The number of carbonyl (C=O) groups excluding carboxylic acids is 1. The molecule has 1 aromatic rings. The minimum absolute atomic E-state index is 0.0210. The number of nitrogens with one attached hydrogen (secondary N) is 2. The van der Waals surface area contributed by atoms with Crippen LogP contribution in [0.15, 0.2) is 18.3 Å². The fraction of sp³-hybridized carbons (Fsp3) is 0.571. The number of pyridine rings is 1. The topological polar surface area (TPSA) is 72.5 Å². The van der Waals surface area contributed by atoms with Crippen LogP contribution in [0.1, 0.15) is 6.92 Å². The maximum Gasteiger partial charge on any atom is 0.229 e. The Balaban J connectivity index is 1.85. The van der Waals surface area contributed by atoms with Crippen LogP contribution >= 0.6 is 0 Å². The number of carbonyl (C=O) groups is 1. The van der Waals surface area contributed by atoms with Gasteiger partial charge in [-0.15, -0.1) is 0 Å². The Morgan fingerprint density at radius 2 is 2.30 bits per heavy atom. The third kappa shape index (κ3) is 3.91. The molecule has 2 unspecified atom stereocenters. The number of hydrogen-bond donors (Lipinski definition) is 2. The molecule has 6 heteroatoms. The fourth-order valence-electron chi connectivity index (χ4n) is 2.17. The van der Waals surface area contributed by atoms with Crippen molar-refractivity contribution in [3.63, 3.8) is 0 Å². The number of anilines is 1. The maximum atomic E-state index is 12.1. The van der Waals surface area contributed by atoms with Crippen LogP contribution in [0.25, 0.3) is 0 Å². The lowest BCUT2D eigenvalue weighted by Crippen LogP contribution is -2.27. The molecule has 2 rings (SSSR count). The van der Waals surface area contributed by atoms with Gasteiger partial charge in [-0.3, -0.25) is 4.79 Å². The third-order valence-electron chi connectivity index (χ3n) is 3.40. The van der Waals surface area contributed by atoms with E-state index in [1.165, 1.54) is 0 Å². The predicted molar refractivity (Wildman–Crippen MR) is 75.8 cm³/mol. The summed E-state index contributed by atoms with van der Waals surface area (Å²) in [5.74, 6) is 0.945. The van der Waals surface area contributed by atoms with E-state index in [9.17, 15) is 4.79 Å². The van der Waals surface area contributed by atoms with Gasteiger partial charge in [-0.25, -0.2) is 4.98 Å². The molecule has 6 nitrogen and oxygen atoms in total. The molecule has 0 aliphatic carbocycles. The lowest BCUT2D eigenvalue weighted by molar-refractivity contribution is -0.120. The Labute approximate surface area is 118 Å². The van der Waals surface area contributed by atoms with Crippen molar-refractivity contribution in [2.75, 3.05) is 38.7 Å². The normalized spacial score (nSPS) is 21.7. The van der Waals surface area contributed by atoms with E-state index in [-0.39, 0.29) is 11.8 Å². The molecule has 1 saturated heterocycles. The minimum atomic E-state index is 0.0210. The standard InChI is InChI=1S/C14H21N3O3/c1-10-7-15-9-12(10)14(18)17-11-3-4-13(16-8-11)20-6-5-19-2/h3-4,8,10,12,15H,5-7,9H2,1-2H3,(H,17,18). The van der Waals surface area contributed by atoms with E-state index in [1.54, 1.807) is 25.4 Å². The Kier molecular flexibility index (Phi) is 5.31. The molecule has 1 aliphatic rings. The summed E-state index contributed by atoms with van der Waals surface area (Å²) in [5.41, 5.74) is 0.688. The van der Waals surface area contributed by atoms with Gasteiger partial charge in [-0.05, 0) is 18.5 Å². The maximum absolute atomic E-state index is 12.1. The van der Waals surface area contributed by atoms with Crippen molar-refractivity contribution in [2.24, 2.45) is 11.8 Å². The zero-order valence-electron chi connectivity index (χ0n) is 11.9. The van der Waals surface area contributed by atoms with Gasteiger partial charge >= 0.3 is 0 Å². The van der Waals surface area contributed by atoms with Gasteiger partial charge in [0.25, 0.3) is 0 Å². The van der Waals surface area contributed by atoms with Crippen LogP contribution in [0, 0.1) is 11.8 Å². The first-order chi connectivity index (χ1) is 9.70. The van der Waals surface area contributed by atoms with Crippen LogP contribution in [0.3, 0.4) is 0 Å². The molecular weight excluding hydrogens is 258 g/mol. The van der Waals surface area contributed by atoms with Crippen molar-refractivity contribution in [2.45, 2.75) is 6.92 Å². The van der Waals surface area contributed by atoms with Crippen LogP contribution in [0.4, 0.5) is 5.69 Å². The number of nitrogens with zero attached hydrogens (tertiary/aromatic N) is 1. The van der Waals surface area contributed by atoms with Crippen LogP contribution in [-0.4, -0.2) is 44.3 Å². The summed E-state index contributed by atoms with van der Waals surface area (Å²) in [5, 5.41) is 6.11. The van der Waals surface area contributed by atoms with Crippen molar-refractivity contribution in [1.29, 1.82) is 0 Å². The summed E-state index contributed by atoms with van der Waals surface area (Å²) < 4.78 is 10.3. The fourth-order valence-corrected chi connectivity index (χ4v) is 2.17. The first-order valence-corrected chi connectivity index (χ1v) is 6.80.